The third kappa shape index (κ3) is 2.46. The number of hydrogen-bond donors (Lipinski definition) is 1. The molecule has 0 radical (unpaired) electrons. The van der Waals surface area contributed by atoms with Gasteiger partial charge in [0.05, 0.1) is 7.11 Å². The second-order valence-corrected chi connectivity index (χ2v) is 5.38. The second kappa shape index (κ2) is 4.81. The van der Waals surface area contributed by atoms with E-state index in [1.807, 2.05) is 0 Å². The SMILES string of the molecule is COc1cc2c(cc1CCNC1CC1)OC(C)C2. The zero-order chi connectivity index (χ0) is 12.5. The fraction of sp³-hybridized carbons (Fsp3) is 0.600. The summed E-state index contributed by atoms with van der Waals surface area (Å²) in [5.41, 5.74) is 2.52. The van der Waals surface area contributed by atoms with Crippen LogP contribution in [0.1, 0.15) is 30.9 Å². The lowest BCUT2D eigenvalue weighted by Crippen LogP contribution is -2.19. The van der Waals surface area contributed by atoms with Gasteiger partial charge in [-0.3, -0.25) is 0 Å². The Bertz CT molecular complexity index is 440. The van der Waals surface area contributed by atoms with Crippen LogP contribution in [0.15, 0.2) is 12.1 Å². The molecule has 1 aromatic rings. The highest BCUT2D eigenvalue weighted by atomic mass is 16.5. The first kappa shape index (κ1) is 11.8. The van der Waals surface area contributed by atoms with Crippen LogP contribution in [0.4, 0.5) is 0 Å². The molecule has 3 rings (SSSR count). The van der Waals surface area contributed by atoms with E-state index in [9.17, 15) is 0 Å². The maximum absolute atomic E-state index is 5.81. The Labute approximate surface area is 108 Å². The van der Waals surface area contributed by atoms with Crippen molar-refractivity contribution in [3.8, 4) is 11.5 Å². The highest BCUT2D eigenvalue weighted by Gasteiger charge is 2.22. The zero-order valence-corrected chi connectivity index (χ0v) is 11.2. The van der Waals surface area contributed by atoms with Crippen LogP contribution in [-0.4, -0.2) is 25.8 Å². The van der Waals surface area contributed by atoms with Gasteiger partial charge in [0, 0.05) is 18.0 Å². The molecule has 0 aromatic heterocycles. The van der Waals surface area contributed by atoms with Gasteiger partial charge >= 0.3 is 0 Å². The standard InChI is InChI=1S/C15H21NO2/c1-10-7-12-9-14(17-2)11(8-15(12)18-10)5-6-16-13-3-4-13/h8-10,13,16H,3-7H2,1-2H3. The minimum Gasteiger partial charge on any atom is -0.496 e. The van der Waals surface area contributed by atoms with E-state index in [1.54, 1.807) is 7.11 Å². The van der Waals surface area contributed by atoms with Crippen LogP contribution in [-0.2, 0) is 12.8 Å². The number of methoxy groups -OCH3 is 1. The fourth-order valence-corrected chi connectivity index (χ4v) is 2.57. The molecule has 3 nitrogen and oxygen atoms in total. The van der Waals surface area contributed by atoms with E-state index in [0.717, 1.165) is 36.9 Å². The molecular formula is C15H21NO2. The summed E-state index contributed by atoms with van der Waals surface area (Å²) in [4.78, 5) is 0. The van der Waals surface area contributed by atoms with Gasteiger partial charge in [0.15, 0.2) is 0 Å². The van der Waals surface area contributed by atoms with Crippen molar-refractivity contribution in [3.63, 3.8) is 0 Å². The largest absolute Gasteiger partial charge is 0.496 e. The van der Waals surface area contributed by atoms with Gasteiger partial charge < -0.3 is 14.8 Å². The van der Waals surface area contributed by atoms with Gasteiger partial charge in [-0.05, 0) is 50.4 Å². The van der Waals surface area contributed by atoms with E-state index in [1.165, 1.54) is 24.0 Å². The normalized spacial score (nSPS) is 21.6. The van der Waals surface area contributed by atoms with Crippen LogP contribution in [0.2, 0.25) is 0 Å². The van der Waals surface area contributed by atoms with Crippen LogP contribution in [0, 0.1) is 0 Å². The highest BCUT2D eigenvalue weighted by molar-refractivity contribution is 5.48. The molecule has 1 atom stereocenters. The second-order valence-electron chi connectivity index (χ2n) is 5.38. The number of rotatable bonds is 5. The summed E-state index contributed by atoms with van der Waals surface area (Å²) in [7, 11) is 1.75. The first-order valence-electron chi connectivity index (χ1n) is 6.86. The third-order valence-electron chi connectivity index (χ3n) is 3.70. The molecule has 0 saturated heterocycles. The van der Waals surface area contributed by atoms with Gasteiger partial charge in [-0.1, -0.05) is 0 Å². The minimum atomic E-state index is 0.296. The molecule has 3 heteroatoms. The molecule has 1 aliphatic heterocycles. The number of ether oxygens (including phenoxy) is 2. The van der Waals surface area contributed by atoms with Crippen LogP contribution < -0.4 is 14.8 Å². The quantitative estimate of drug-likeness (QED) is 0.866. The molecule has 0 spiro atoms. The van der Waals surface area contributed by atoms with Crippen molar-refractivity contribution < 1.29 is 9.47 Å². The molecule has 98 valence electrons. The van der Waals surface area contributed by atoms with E-state index in [0.29, 0.717) is 6.10 Å². The van der Waals surface area contributed by atoms with Gasteiger partial charge in [-0.2, -0.15) is 0 Å². The van der Waals surface area contributed by atoms with E-state index in [4.69, 9.17) is 9.47 Å². The molecule has 0 amide bonds. The Morgan fingerprint density at radius 3 is 2.94 bits per heavy atom. The molecule has 1 N–H and O–H groups in total. The molecule has 1 heterocycles. The molecular weight excluding hydrogens is 226 g/mol. The number of hydrogen-bond acceptors (Lipinski definition) is 3. The van der Waals surface area contributed by atoms with E-state index >= 15 is 0 Å². The minimum absolute atomic E-state index is 0.296. The highest BCUT2D eigenvalue weighted by Crippen LogP contribution is 2.35. The maximum Gasteiger partial charge on any atom is 0.123 e. The fourth-order valence-electron chi connectivity index (χ4n) is 2.57. The molecule has 0 bridgehead atoms. The van der Waals surface area contributed by atoms with Gasteiger partial charge in [0.25, 0.3) is 0 Å². The number of benzene rings is 1. The smallest absolute Gasteiger partial charge is 0.123 e. The van der Waals surface area contributed by atoms with Crippen LogP contribution in [0.3, 0.4) is 0 Å². The summed E-state index contributed by atoms with van der Waals surface area (Å²) < 4.78 is 11.3. The Balaban J connectivity index is 1.72. The van der Waals surface area contributed by atoms with Crippen molar-refractivity contribution in [2.75, 3.05) is 13.7 Å². The van der Waals surface area contributed by atoms with Crippen molar-refractivity contribution in [1.82, 2.24) is 5.32 Å². The molecule has 1 saturated carbocycles. The summed E-state index contributed by atoms with van der Waals surface area (Å²) in [5.74, 6) is 2.05. The van der Waals surface area contributed by atoms with E-state index < -0.39 is 0 Å². The average Bonchev–Trinajstić information content (AvgIpc) is 3.09. The lowest BCUT2D eigenvalue weighted by Gasteiger charge is -2.11. The van der Waals surface area contributed by atoms with Gasteiger partial charge in [-0.15, -0.1) is 0 Å². The Kier molecular flexibility index (Phi) is 3.16. The van der Waals surface area contributed by atoms with E-state index in [-0.39, 0.29) is 0 Å². The number of nitrogens with one attached hydrogen (secondary N) is 1. The molecule has 1 aliphatic carbocycles. The monoisotopic (exact) mass is 247 g/mol. The van der Waals surface area contributed by atoms with Crippen molar-refractivity contribution in [3.05, 3.63) is 23.3 Å². The van der Waals surface area contributed by atoms with Crippen LogP contribution >= 0.6 is 0 Å². The summed E-state index contributed by atoms with van der Waals surface area (Å²) >= 11 is 0. The van der Waals surface area contributed by atoms with Crippen molar-refractivity contribution in [2.45, 2.75) is 44.8 Å². The topological polar surface area (TPSA) is 30.5 Å². The Morgan fingerprint density at radius 2 is 2.22 bits per heavy atom. The van der Waals surface area contributed by atoms with Crippen molar-refractivity contribution in [2.24, 2.45) is 0 Å². The lowest BCUT2D eigenvalue weighted by atomic mass is 10.0. The number of fused-ring (bicyclic) bond motifs is 1. The molecule has 18 heavy (non-hydrogen) atoms. The average molecular weight is 247 g/mol. The molecule has 2 aliphatic rings. The first-order chi connectivity index (χ1) is 8.76. The lowest BCUT2D eigenvalue weighted by molar-refractivity contribution is 0.254. The third-order valence-corrected chi connectivity index (χ3v) is 3.70. The summed E-state index contributed by atoms with van der Waals surface area (Å²) in [6, 6.07) is 5.07. The van der Waals surface area contributed by atoms with E-state index in [2.05, 4.69) is 24.4 Å². The Hall–Kier alpha value is -1.22. The van der Waals surface area contributed by atoms with Crippen molar-refractivity contribution in [1.29, 1.82) is 0 Å². The predicted molar refractivity (Wildman–Crippen MR) is 71.5 cm³/mol. The summed E-state index contributed by atoms with van der Waals surface area (Å²) in [6.45, 7) is 3.14. The van der Waals surface area contributed by atoms with Crippen molar-refractivity contribution >= 4 is 0 Å². The van der Waals surface area contributed by atoms with Gasteiger partial charge in [0.2, 0.25) is 0 Å². The first-order valence-corrected chi connectivity index (χ1v) is 6.86. The zero-order valence-electron chi connectivity index (χ0n) is 11.2. The van der Waals surface area contributed by atoms with Crippen LogP contribution in [0.25, 0.3) is 0 Å². The molecule has 1 aromatic carbocycles. The molecule has 1 unspecified atom stereocenters. The van der Waals surface area contributed by atoms with Gasteiger partial charge in [-0.25, -0.2) is 0 Å². The van der Waals surface area contributed by atoms with Gasteiger partial charge in [0.1, 0.15) is 17.6 Å². The van der Waals surface area contributed by atoms with Crippen LogP contribution in [0.5, 0.6) is 11.5 Å². The molecule has 1 fully saturated rings. The summed E-state index contributed by atoms with van der Waals surface area (Å²) in [6.07, 6.45) is 4.96. The predicted octanol–water partition coefficient (Wildman–Crippen LogP) is 2.31. The Morgan fingerprint density at radius 1 is 1.39 bits per heavy atom. The maximum atomic E-state index is 5.81. The summed E-state index contributed by atoms with van der Waals surface area (Å²) in [5, 5.41) is 3.54.